The molecule has 0 amide bonds. The molecular formula is C25H45NO2. The molecule has 0 saturated heterocycles. The van der Waals surface area contributed by atoms with Crippen molar-refractivity contribution < 1.29 is 9.90 Å². The fraction of sp³-hybridized carbons (Fsp3) is 0.800. The lowest BCUT2D eigenvalue weighted by molar-refractivity contribution is -0.137. The Morgan fingerprint density at radius 2 is 1.32 bits per heavy atom. The van der Waals surface area contributed by atoms with Crippen LogP contribution in [0.1, 0.15) is 116 Å². The highest BCUT2D eigenvalue weighted by atomic mass is 16.4. The molecule has 1 rings (SSSR count). The first kappa shape index (κ1) is 24.8. The lowest BCUT2D eigenvalue weighted by Crippen LogP contribution is -2.31. The molecule has 0 saturated carbocycles. The van der Waals surface area contributed by atoms with Gasteiger partial charge in [-0.15, -0.1) is 0 Å². The first-order valence-electron chi connectivity index (χ1n) is 12.1. The van der Waals surface area contributed by atoms with Crippen molar-refractivity contribution in [3.8, 4) is 0 Å². The van der Waals surface area contributed by atoms with Crippen LogP contribution >= 0.6 is 0 Å². The number of hydrogen-bond acceptors (Lipinski definition) is 2. The van der Waals surface area contributed by atoms with E-state index in [-0.39, 0.29) is 0 Å². The molecule has 1 aliphatic heterocycles. The first-order chi connectivity index (χ1) is 13.7. The van der Waals surface area contributed by atoms with Gasteiger partial charge in [0.15, 0.2) is 0 Å². The van der Waals surface area contributed by atoms with Crippen molar-refractivity contribution in [1.82, 2.24) is 4.90 Å². The van der Waals surface area contributed by atoms with Crippen LogP contribution in [0.2, 0.25) is 0 Å². The van der Waals surface area contributed by atoms with E-state index in [1.165, 1.54) is 96.4 Å². The molecule has 0 aromatic carbocycles. The summed E-state index contributed by atoms with van der Waals surface area (Å²) in [6.45, 7) is 3.47. The predicted molar refractivity (Wildman–Crippen MR) is 121 cm³/mol. The molecular weight excluding hydrogens is 346 g/mol. The molecule has 0 spiro atoms. The highest BCUT2D eigenvalue weighted by molar-refractivity contribution is 5.66. The molecule has 0 fully saturated rings. The van der Waals surface area contributed by atoms with Crippen molar-refractivity contribution in [3.63, 3.8) is 0 Å². The number of hydrogen-bond donors (Lipinski definition) is 1. The number of rotatable bonds is 19. The molecule has 1 atom stereocenters. The molecule has 0 bridgehead atoms. The summed E-state index contributed by atoms with van der Waals surface area (Å²) in [5, 5.41) is 8.60. The maximum Gasteiger partial charge on any atom is 0.303 e. The second-order valence-corrected chi connectivity index (χ2v) is 8.41. The van der Waals surface area contributed by atoms with Crippen LogP contribution in [0.3, 0.4) is 0 Å². The van der Waals surface area contributed by atoms with E-state index in [1.807, 2.05) is 0 Å². The van der Waals surface area contributed by atoms with E-state index in [4.69, 9.17) is 5.11 Å². The Morgan fingerprint density at radius 3 is 1.86 bits per heavy atom. The van der Waals surface area contributed by atoms with E-state index in [1.54, 1.807) is 0 Å². The number of aliphatic carboxylic acids is 1. The normalized spacial score (nSPS) is 16.0. The third-order valence-corrected chi connectivity index (χ3v) is 5.81. The zero-order chi connectivity index (χ0) is 20.3. The molecule has 0 radical (unpaired) electrons. The molecule has 162 valence electrons. The summed E-state index contributed by atoms with van der Waals surface area (Å²) in [5.41, 5.74) is 0. The van der Waals surface area contributed by atoms with Gasteiger partial charge in [0, 0.05) is 19.0 Å². The Labute approximate surface area is 174 Å². The van der Waals surface area contributed by atoms with E-state index >= 15 is 0 Å². The molecule has 3 nitrogen and oxygen atoms in total. The van der Waals surface area contributed by atoms with Crippen molar-refractivity contribution in [3.05, 3.63) is 24.4 Å². The molecule has 0 aliphatic carbocycles. The Bertz CT molecular complexity index is 430. The van der Waals surface area contributed by atoms with Gasteiger partial charge in [-0.3, -0.25) is 4.79 Å². The minimum Gasteiger partial charge on any atom is -0.481 e. The quantitative estimate of drug-likeness (QED) is 0.232. The Balaban J connectivity index is 1.83. The molecule has 3 heteroatoms. The first-order valence-corrected chi connectivity index (χ1v) is 12.1. The van der Waals surface area contributed by atoms with Crippen LogP contribution in [0, 0.1) is 0 Å². The van der Waals surface area contributed by atoms with Gasteiger partial charge in [0.05, 0.1) is 0 Å². The SMILES string of the molecule is CCCCN1C=CC=CC1CCCCCCCCCCCCCCCC(=O)O. The van der Waals surface area contributed by atoms with Crippen LogP contribution < -0.4 is 0 Å². The van der Waals surface area contributed by atoms with Crippen molar-refractivity contribution >= 4 is 5.97 Å². The van der Waals surface area contributed by atoms with Crippen molar-refractivity contribution in [1.29, 1.82) is 0 Å². The van der Waals surface area contributed by atoms with Gasteiger partial charge in [-0.2, -0.15) is 0 Å². The van der Waals surface area contributed by atoms with Gasteiger partial charge in [-0.1, -0.05) is 103 Å². The van der Waals surface area contributed by atoms with Crippen LogP contribution in [0.25, 0.3) is 0 Å². The number of nitrogens with zero attached hydrogens (tertiary/aromatic N) is 1. The van der Waals surface area contributed by atoms with Crippen LogP contribution in [0.15, 0.2) is 24.4 Å². The summed E-state index contributed by atoms with van der Waals surface area (Å²) in [4.78, 5) is 13.0. The van der Waals surface area contributed by atoms with Gasteiger partial charge in [-0.05, 0) is 31.5 Å². The number of carboxylic acid groups (broad SMARTS) is 1. The summed E-state index contributed by atoms with van der Waals surface area (Å²) in [6.07, 6.45) is 30.0. The van der Waals surface area contributed by atoms with Gasteiger partial charge in [0.25, 0.3) is 0 Å². The number of unbranched alkanes of at least 4 members (excludes halogenated alkanes) is 13. The lowest BCUT2D eigenvalue weighted by Gasteiger charge is -2.30. The molecule has 0 aromatic heterocycles. The predicted octanol–water partition coefficient (Wildman–Crippen LogP) is 7.48. The lowest BCUT2D eigenvalue weighted by atomic mass is 10.0. The van der Waals surface area contributed by atoms with E-state index in [2.05, 4.69) is 36.3 Å². The van der Waals surface area contributed by atoms with Gasteiger partial charge >= 0.3 is 5.97 Å². The monoisotopic (exact) mass is 391 g/mol. The molecule has 28 heavy (non-hydrogen) atoms. The van der Waals surface area contributed by atoms with Gasteiger partial charge < -0.3 is 10.0 Å². The fourth-order valence-corrected chi connectivity index (χ4v) is 3.99. The van der Waals surface area contributed by atoms with E-state index in [9.17, 15) is 4.79 Å². The Kier molecular flexibility index (Phi) is 15.8. The zero-order valence-corrected chi connectivity index (χ0v) is 18.4. The summed E-state index contributed by atoms with van der Waals surface area (Å²) in [6, 6.07) is 0.626. The zero-order valence-electron chi connectivity index (χ0n) is 18.4. The van der Waals surface area contributed by atoms with Crippen LogP contribution in [0.5, 0.6) is 0 Å². The third kappa shape index (κ3) is 13.8. The van der Waals surface area contributed by atoms with Gasteiger partial charge in [-0.25, -0.2) is 0 Å². The maximum atomic E-state index is 10.4. The molecule has 1 unspecified atom stereocenters. The summed E-state index contributed by atoms with van der Waals surface area (Å²) in [7, 11) is 0. The third-order valence-electron chi connectivity index (χ3n) is 5.81. The highest BCUT2D eigenvalue weighted by Crippen LogP contribution is 2.18. The Hall–Kier alpha value is -1.25. The standard InChI is InChI=1S/C25H45NO2/c1-2-3-22-26-23-18-17-20-24(26)19-15-13-11-9-7-5-4-6-8-10-12-14-16-21-25(27)28/h17-18,20,23-24H,2-16,19,21-22H2,1H3,(H,27,28). The molecule has 0 aromatic rings. The van der Waals surface area contributed by atoms with Crippen molar-refractivity contribution in [2.24, 2.45) is 0 Å². The highest BCUT2D eigenvalue weighted by Gasteiger charge is 2.13. The molecule has 1 heterocycles. The number of allylic oxidation sites excluding steroid dienone is 2. The van der Waals surface area contributed by atoms with Crippen LogP contribution in [-0.4, -0.2) is 28.6 Å². The number of carboxylic acids is 1. The minimum absolute atomic E-state index is 0.339. The molecule has 1 aliphatic rings. The maximum absolute atomic E-state index is 10.4. The fourth-order valence-electron chi connectivity index (χ4n) is 3.99. The van der Waals surface area contributed by atoms with Crippen LogP contribution in [-0.2, 0) is 4.79 Å². The van der Waals surface area contributed by atoms with E-state index in [0.29, 0.717) is 12.5 Å². The smallest absolute Gasteiger partial charge is 0.303 e. The van der Waals surface area contributed by atoms with Gasteiger partial charge in [0.2, 0.25) is 0 Å². The van der Waals surface area contributed by atoms with Crippen molar-refractivity contribution in [2.45, 2.75) is 122 Å². The summed E-state index contributed by atoms with van der Waals surface area (Å²) in [5.74, 6) is -0.656. The second kappa shape index (κ2) is 17.8. The average Bonchev–Trinajstić information content (AvgIpc) is 2.69. The Morgan fingerprint density at radius 1 is 0.786 bits per heavy atom. The topological polar surface area (TPSA) is 40.5 Å². The number of carbonyl (C=O) groups is 1. The van der Waals surface area contributed by atoms with Gasteiger partial charge in [0.1, 0.15) is 0 Å². The largest absolute Gasteiger partial charge is 0.481 e. The van der Waals surface area contributed by atoms with E-state index < -0.39 is 5.97 Å². The summed E-state index contributed by atoms with van der Waals surface area (Å²) >= 11 is 0. The van der Waals surface area contributed by atoms with Crippen LogP contribution in [0.4, 0.5) is 0 Å². The van der Waals surface area contributed by atoms with E-state index in [0.717, 1.165) is 12.8 Å². The second-order valence-electron chi connectivity index (χ2n) is 8.41. The summed E-state index contributed by atoms with van der Waals surface area (Å²) < 4.78 is 0. The molecule has 1 N–H and O–H groups in total. The minimum atomic E-state index is -0.656. The van der Waals surface area contributed by atoms with Crippen molar-refractivity contribution in [2.75, 3.05) is 6.54 Å². The average molecular weight is 392 g/mol.